The van der Waals surface area contributed by atoms with Crippen LogP contribution < -0.4 is 4.74 Å². The van der Waals surface area contributed by atoms with Crippen LogP contribution in [0.25, 0.3) is 6.08 Å². The number of benzene rings is 2. The zero-order chi connectivity index (χ0) is 12.8. The lowest BCUT2D eigenvalue weighted by molar-refractivity contribution is 0.415. The maximum atomic E-state index is 9.63. The van der Waals surface area contributed by atoms with Gasteiger partial charge in [0, 0.05) is 0 Å². The minimum atomic E-state index is 0.344. The third kappa shape index (κ3) is 3.14. The van der Waals surface area contributed by atoms with E-state index >= 15 is 0 Å². The van der Waals surface area contributed by atoms with Gasteiger partial charge in [0.25, 0.3) is 0 Å². The van der Waals surface area contributed by atoms with Crippen LogP contribution >= 0.6 is 0 Å². The number of phenolic OH excluding ortho intramolecular Hbond substituents is 1. The monoisotopic (exact) mass is 240 g/mol. The Balaban J connectivity index is 2.01. The van der Waals surface area contributed by atoms with E-state index in [4.69, 9.17) is 4.74 Å². The van der Waals surface area contributed by atoms with Crippen molar-refractivity contribution in [1.82, 2.24) is 0 Å². The summed E-state index contributed by atoms with van der Waals surface area (Å²) in [6.07, 6.45) is 4.79. The van der Waals surface area contributed by atoms with E-state index in [0.717, 1.165) is 23.3 Å². The fraction of sp³-hybridized carbons (Fsp3) is 0.125. The number of methoxy groups -OCH3 is 1. The predicted octanol–water partition coefficient (Wildman–Crippen LogP) is 3.66. The molecule has 0 fully saturated rings. The topological polar surface area (TPSA) is 29.5 Å². The summed E-state index contributed by atoms with van der Waals surface area (Å²) in [7, 11) is 1.66. The molecule has 2 heteroatoms. The predicted molar refractivity (Wildman–Crippen MR) is 73.8 cm³/mol. The number of ether oxygens (including phenoxy) is 1. The number of allylic oxidation sites excluding steroid dienone is 1. The fourth-order valence-electron chi connectivity index (χ4n) is 1.72. The maximum absolute atomic E-state index is 9.63. The van der Waals surface area contributed by atoms with Gasteiger partial charge in [-0.25, -0.2) is 0 Å². The average molecular weight is 240 g/mol. The molecule has 18 heavy (non-hydrogen) atoms. The van der Waals surface area contributed by atoms with Crippen molar-refractivity contribution in [2.24, 2.45) is 0 Å². The molecule has 0 bridgehead atoms. The van der Waals surface area contributed by atoms with E-state index in [1.807, 2.05) is 54.6 Å². The van der Waals surface area contributed by atoms with Crippen LogP contribution in [0.5, 0.6) is 11.5 Å². The minimum Gasteiger partial charge on any atom is -0.508 e. The molecule has 0 radical (unpaired) electrons. The van der Waals surface area contributed by atoms with E-state index < -0.39 is 0 Å². The summed E-state index contributed by atoms with van der Waals surface area (Å²) in [5.41, 5.74) is 2.05. The molecular weight excluding hydrogens is 224 g/mol. The maximum Gasteiger partial charge on any atom is 0.119 e. The molecule has 2 aromatic rings. The average Bonchev–Trinajstić information content (AvgIpc) is 2.42. The van der Waals surface area contributed by atoms with Gasteiger partial charge in [0.15, 0.2) is 0 Å². The normalized spacial score (nSPS) is 10.7. The number of phenols is 1. The van der Waals surface area contributed by atoms with Crippen LogP contribution in [-0.2, 0) is 6.42 Å². The van der Waals surface area contributed by atoms with Crippen LogP contribution in [0.4, 0.5) is 0 Å². The summed E-state index contributed by atoms with van der Waals surface area (Å²) >= 11 is 0. The molecule has 0 saturated carbocycles. The van der Waals surface area contributed by atoms with Gasteiger partial charge in [-0.15, -0.1) is 0 Å². The SMILES string of the molecule is COc1ccc(/C=C/Cc2ccccc2O)cc1. The van der Waals surface area contributed by atoms with E-state index in [0.29, 0.717) is 5.75 Å². The first-order valence-electron chi connectivity index (χ1n) is 5.87. The second-order valence-corrected chi connectivity index (χ2v) is 4.01. The molecule has 0 aliphatic rings. The number of para-hydroxylation sites is 1. The van der Waals surface area contributed by atoms with Crippen LogP contribution in [-0.4, -0.2) is 12.2 Å². The van der Waals surface area contributed by atoms with Crippen LogP contribution in [0.3, 0.4) is 0 Å². The van der Waals surface area contributed by atoms with Crippen molar-refractivity contribution in [2.75, 3.05) is 7.11 Å². The van der Waals surface area contributed by atoms with E-state index in [-0.39, 0.29) is 0 Å². The van der Waals surface area contributed by atoms with E-state index in [2.05, 4.69) is 0 Å². The molecule has 0 saturated heterocycles. The quantitative estimate of drug-likeness (QED) is 0.883. The molecule has 0 heterocycles. The second kappa shape index (κ2) is 5.92. The van der Waals surface area contributed by atoms with Crippen molar-refractivity contribution in [1.29, 1.82) is 0 Å². The third-order valence-electron chi connectivity index (χ3n) is 2.76. The molecule has 0 aromatic heterocycles. The standard InChI is InChI=1S/C16H16O2/c1-18-15-11-9-13(10-12-15)5-4-7-14-6-2-3-8-16(14)17/h2-6,8-12,17H,7H2,1H3/b5-4+. The number of aromatic hydroxyl groups is 1. The van der Waals surface area contributed by atoms with Crippen molar-refractivity contribution < 1.29 is 9.84 Å². The zero-order valence-electron chi connectivity index (χ0n) is 10.3. The van der Waals surface area contributed by atoms with Crippen LogP contribution in [0.15, 0.2) is 54.6 Å². The van der Waals surface area contributed by atoms with Gasteiger partial charge in [-0.3, -0.25) is 0 Å². The largest absolute Gasteiger partial charge is 0.508 e. The lowest BCUT2D eigenvalue weighted by Crippen LogP contribution is -1.83. The summed E-state index contributed by atoms with van der Waals surface area (Å²) in [6.45, 7) is 0. The second-order valence-electron chi connectivity index (χ2n) is 4.01. The van der Waals surface area contributed by atoms with Gasteiger partial charge in [-0.05, 0) is 35.7 Å². The molecule has 1 N–H and O–H groups in total. The third-order valence-corrected chi connectivity index (χ3v) is 2.76. The molecule has 0 unspecified atom stereocenters. The molecular formula is C16H16O2. The first-order chi connectivity index (χ1) is 8.79. The van der Waals surface area contributed by atoms with Crippen molar-refractivity contribution in [3.05, 3.63) is 65.7 Å². The van der Waals surface area contributed by atoms with Gasteiger partial charge in [0.2, 0.25) is 0 Å². The lowest BCUT2D eigenvalue weighted by Gasteiger charge is -2.00. The summed E-state index contributed by atoms with van der Waals surface area (Å²) < 4.78 is 5.10. The Kier molecular flexibility index (Phi) is 4.02. The molecule has 0 aliphatic carbocycles. The van der Waals surface area contributed by atoms with Crippen LogP contribution in [0.1, 0.15) is 11.1 Å². The van der Waals surface area contributed by atoms with Gasteiger partial charge in [-0.2, -0.15) is 0 Å². The van der Waals surface area contributed by atoms with Gasteiger partial charge in [-0.1, -0.05) is 42.5 Å². The molecule has 0 spiro atoms. The highest BCUT2D eigenvalue weighted by molar-refractivity contribution is 5.51. The highest BCUT2D eigenvalue weighted by Gasteiger charge is 1.96. The summed E-state index contributed by atoms with van der Waals surface area (Å²) in [5, 5.41) is 9.63. The van der Waals surface area contributed by atoms with Crippen molar-refractivity contribution in [3.8, 4) is 11.5 Å². The van der Waals surface area contributed by atoms with E-state index in [1.165, 1.54) is 0 Å². The smallest absolute Gasteiger partial charge is 0.119 e. The number of hydrogen-bond acceptors (Lipinski definition) is 2. The molecule has 0 aliphatic heterocycles. The van der Waals surface area contributed by atoms with Gasteiger partial charge < -0.3 is 9.84 Å². The first-order valence-corrected chi connectivity index (χ1v) is 5.87. The van der Waals surface area contributed by atoms with Crippen LogP contribution in [0.2, 0.25) is 0 Å². The molecule has 0 amide bonds. The van der Waals surface area contributed by atoms with Gasteiger partial charge in [0.05, 0.1) is 7.11 Å². The molecule has 0 atom stereocenters. The fourth-order valence-corrected chi connectivity index (χ4v) is 1.72. The summed E-state index contributed by atoms with van der Waals surface area (Å²) in [5.74, 6) is 1.20. The number of hydrogen-bond donors (Lipinski definition) is 1. The van der Waals surface area contributed by atoms with E-state index in [9.17, 15) is 5.11 Å². The Morgan fingerprint density at radius 2 is 1.78 bits per heavy atom. The highest BCUT2D eigenvalue weighted by Crippen LogP contribution is 2.17. The first kappa shape index (κ1) is 12.2. The molecule has 92 valence electrons. The van der Waals surface area contributed by atoms with Gasteiger partial charge in [0.1, 0.15) is 11.5 Å². The Bertz CT molecular complexity index is 527. The van der Waals surface area contributed by atoms with Crippen LogP contribution in [0, 0.1) is 0 Å². The highest BCUT2D eigenvalue weighted by atomic mass is 16.5. The lowest BCUT2D eigenvalue weighted by atomic mass is 10.1. The summed E-state index contributed by atoms with van der Waals surface area (Å²) in [6, 6.07) is 15.2. The Morgan fingerprint density at radius 1 is 1.06 bits per heavy atom. The molecule has 2 aromatic carbocycles. The Hall–Kier alpha value is -2.22. The van der Waals surface area contributed by atoms with Crippen molar-refractivity contribution in [2.45, 2.75) is 6.42 Å². The molecule has 2 rings (SSSR count). The summed E-state index contributed by atoms with van der Waals surface area (Å²) in [4.78, 5) is 0. The van der Waals surface area contributed by atoms with Gasteiger partial charge >= 0.3 is 0 Å². The Labute approximate surface area is 107 Å². The minimum absolute atomic E-state index is 0.344. The Morgan fingerprint density at radius 3 is 2.44 bits per heavy atom. The molecule has 2 nitrogen and oxygen atoms in total. The zero-order valence-corrected chi connectivity index (χ0v) is 10.3. The van der Waals surface area contributed by atoms with Crippen molar-refractivity contribution >= 4 is 6.08 Å². The van der Waals surface area contributed by atoms with E-state index in [1.54, 1.807) is 13.2 Å². The van der Waals surface area contributed by atoms with Crippen molar-refractivity contribution in [3.63, 3.8) is 0 Å². The number of rotatable bonds is 4.